The highest BCUT2D eigenvalue weighted by molar-refractivity contribution is 7.26. The van der Waals surface area contributed by atoms with Gasteiger partial charge in [0.25, 0.3) is 0 Å². The minimum atomic E-state index is 0.671. The smallest absolute Gasteiger partial charge is 0.101 e. The molecule has 0 saturated heterocycles. The summed E-state index contributed by atoms with van der Waals surface area (Å²) in [4.78, 5) is 4.22. The fourth-order valence-corrected chi connectivity index (χ4v) is 4.61. The molecule has 2 nitrogen and oxygen atoms in total. The van der Waals surface area contributed by atoms with E-state index >= 15 is 0 Å². The van der Waals surface area contributed by atoms with Crippen molar-refractivity contribution in [2.45, 2.75) is 0 Å². The van der Waals surface area contributed by atoms with E-state index in [1.54, 1.807) is 22.7 Å². The Kier molecular flexibility index (Phi) is 3.18. The van der Waals surface area contributed by atoms with Crippen LogP contribution in [0.2, 0.25) is 0 Å². The zero-order valence-electron chi connectivity index (χ0n) is 9.58. The van der Waals surface area contributed by atoms with Crippen molar-refractivity contribution >= 4 is 34.0 Å². The molecule has 0 saturated carbocycles. The third-order valence-electron chi connectivity index (χ3n) is 2.57. The highest BCUT2D eigenvalue weighted by atomic mass is 32.1. The van der Waals surface area contributed by atoms with E-state index in [1.165, 1.54) is 11.3 Å². The van der Waals surface area contributed by atoms with E-state index in [4.69, 9.17) is 5.26 Å². The summed E-state index contributed by atoms with van der Waals surface area (Å²) in [6, 6.07) is 12.2. The number of hydrogen-bond donors (Lipinski definition) is 0. The maximum Gasteiger partial charge on any atom is 0.101 e. The molecule has 3 rings (SSSR count). The van der Waals surface area contributed by atoms with Gasteiger partial charge in [-0.1, -0.05) is 6.07 Å². The number of rotatable bonds is 2. The molecule has 90 valence electrons. The Balaban J connectivity index is 2.10. The lowest BCUT2D eigenvalue weighted by Gasteiger charge is -1.90. The number of nitrogens with zero attached hydrogens (tertiary/aromatic N) is 2. The molecule has 5 heteroatoms. The molecule has 3 aromatic heterocycles. The van der Waals surface area contributed by atoms with Gasteiger partial charge < -0.3 is 0 Å². The first-order valence-corrected chi connectivity index (χ1v) is 7.96. The minimum absolute atomic E-state index is 0.671. The van der Waals surface area contributed by atoms with Crippen LogP contribution in [0.1, 0.15) is 11.1 Å². The van der Waals surface area contributed by atoms with E-state index in [0.717, 1.165) is 19.5 Å². The van der Waals surface area contributed by atoms with Crippen molar-refractivity contribution in [3.05, 3.63) is 46.2 Å². The summed E-state index contributed by atoms with van der Waals surface area (Å²) in [6.45, 7) is 0. The highest BCUT2D eigenvalue weighted by Gasteiger charge is 2.14. The predicted octanol–water partition coefficient (Wildman–Crippen LogP) is 4.95. The van der Waals surface area contributed by atoms with Crippen LogP contribution in [0.3, 0.4) is 0 Å². The fourth-order valence-electron chi connectivity index (χ4n) is 1.71. The second kappa shape index (κ2) is 4.99. The molecular weight excluding hydrogens is 292 g/mol. The van der Waals surface area contributed by atoms with Crippen LogP contribution < -0.4 is 0 Å². The Labute approximate surface area is 122 Å². The molecule has 0 fully saturated rings. The lowest BCUT2D eigenvalue weighted by atomic mass is 10.2. The van der Waals surface area contributed by atoms with Crippen molar-refractivity contribution in [1.29, 1.82) is 10.5 Å². The first-order chi connectivity index (χ1) is 9.31. The van der Waals surface area contributed by atoms with E-state index in [1.807, 2.05) is 35.0 Å². The van der Waals surface area contributed by atoms with Gasteiger partial charge in [0.2, 0.25) is 0 Å². The molecule has 0 amide bonds. The van der Waals surface area contributed by atoms with Gasteiger partial charge in [-0.15, -0.1) is 34.0 Å². The van der Waals surface area contributed by atoms with Gasteiger partial charge in [-0.25, -0.2) is 0 Å². The summed E-state index contributed by atoms with van der Waals surface area (Å²) in [5.74, 6) is 0. The standard InChI is InChI=1S/C14H6N2S3/c15-6-9-4-12(18-8-9)13-5-10(7-16)14(19-13)11-2-1-3-17-11/h1-5,8H. The minimum Gasteiger partial charge on any atom is -0.192 e. The number of hydrogen-bond acceptors (Lipinski definition) is 5. The Morgan fingerprint density at radius 3 is 2.47 bits per heavy atom. The topological polar surface area (TPSA) is 47.6 Å². The number of thiophene rings is 3. The average Bonchev–Trinajstić information content (AvgIpc) is 3.16. The van der Waals surface area contributed by atoms with Crippen LogP contribution in [0.25, 0.3) is 19.5 Å². The summed E-state index contributed by atoms with van der Waals surface area (Å²) in [5.41, 5.74) is 1.37. The third kappa shape index (κ3) is 2.20. The van der Waals surface area contributed by atoms with E-state index in [-0.39, 0.29) is 0 Å². The van der Waals surface area contributed by atoms with Crippen LogP contribution in [-0.2, 0) is 0 Å². The molecule has 19 heavy (non-hydrogen) atoms. The Morgan fingerprint density at radius 1 is 0.947 bits per heavy atom. The van der Waals surface area contributed by atoms with E-state index in [0.29, 0.717) is 11.1 Å². The van der Waals surface area contributed by atoms with Crippen LogP contribution in [0.4, 0.5) is 0 Å². The zero-order chi connectivity index (χ0) is 13.2. The quantitative estimate of drug-likeness (QED) is 0.672. The van der Waals surface area contributed by atoms with E-state index in [2.05, 4.69) is 12.1 Å². The Morgan fingerprint density at radius 2 is 1.84 bits per heavy atom. The fraction of sp³-hybridized carbons (Fsp3) is 0. The second-order valence-electron chi connectivity index (χ2n) is 3.75. The molecule has 0 atom stereocenters. The molecular formula is C14H6N2S3. The van der Waals surface area contributed by atoms with Gasteiger partial charge in [0.1, 0.15) is 12.1 Å². The van der Waals surface area contributed by atoms with Crippen LogP contribution in [-0.4, -0.2) is 0 Å². The summed E-state index contributed by atoms with van der Waals surface area (Å²) in [5, 5.41) is 22.0. The Hall–Kier alpha value is -1.92. The van der Waals surface area contributed by atoms with Gasteiger partial charge in [0, 0.05) is 20.0 Å². The van der Waals surface area contributed by atoms with Crippen molar-refractivity contribution in [2.75, 3.05) is 0 Å². The summed E-state index contributed by atoms with van der Waals surface area (Å²) < 4.78 is 0. The first kappa shape index (κ1) is 12.1. The highest BCUT2D eigenvalue weighted by Crippen LogP contribution is 2.41. The van der Waals surface area contributed by atoms with Crippen LogP contribution in [0.15, 0.2) is 35.0 Å². The van der Waals surface area contributed by atoms with Gasteiger partial charge >= 0.3 is 0 Å². The largest absolute Gasteiger partial charge is 0.192 e. The van der Waals surface area contributed by atoms with Crippen molar-refractivity contribution in [2.24, 2.45) is 0 Å². The first-order valence-electron chi connectivity index (χ1n) is 5.38. The molecule has 0 spiro atoms. The molecule has 3 aromatic rings. The van der Waals surface area contributed by atoms with E-state index < -0.39 is 0 Å². The molecule has 0 unspecified atom stereocenters. The van der Waals surface area contributed by atoms with Crippen LogP contribution in [0.5, 0.6) is 0 Å². The average molecular weight is 298 g/mol. The van der Waals surface area contributed by atoms with Crippen molar-refractivity contribution in [3.8, 4) is 31.6 Å². The monoisotopic (exact) mass is 298 g/mol. The lowest BCUT2D eigenvalue weighted by Crippen LogP contribution is -1.69. The summed E-state index contributed by atoms with van der Waals surface area (Å²) in [6.07, 6.45) is 0. The van der Waals surface area contributed by atoms with Crippen molar-refractivity contribution in [3.63, 3.8) is 0 Å². The maximum atomic E-state index is 9.24. The predicted molar refractivity (Wildman–Crippen MR) is 80.4 cm³/mol. The molecule has 0 aromatic carbocycles. The molecule has 0 aliphatic heterocycles. The number of nitriles is 2. The van der Waals surface area contributed by atoms with Crippen molar-refractivity contribution in [1.82, 2.24) is 0 Å². The Bertz CT molecular complexity index is 795. The van der Waals surface area contributed by atoms with Crippen molar-refractivity contribution < 1.29 is 0 Å². The van der Waals surface area contributed by atoms with Crippen LogP contribution in [0, 0.1) is 22.7 Å². The molecule has 0 radical (unpaired) electrons. The maximum absolute atomic E-state index is 9.24. The van der Waals surface area contributed by atoms with Gasteiger partial charge in [0.05, 0.1) is 16.0 Å². The zero-order valence-corrected chi connectivity index (χ0v) is 12.0. The van der Waals surface area contributed by atoms with Crippen LogP contribution >= 0.6 is 34.0 Å². The lowest BCUT2D eigenvalue weighted by molar-refractivity contribution is 1.51. The van der Waals surface area contributed by atoms with E-state index in [9.17, 15) is 5.26 Å². The van der Waals surface area contributed by atoms with Gasteiger partial charge in [0.15, 0.2) is 0 Å². The second-order valence-corrected chi connectivity index (χ2v) is 6.67. The molecule has 3 heterocycles. The molecule has 0 aliphatic rings. The third-order valence-corrected chi connectivity index (χ3v) is 5.88. The van der Waals surface area contributed by atoms with Gasteiger partial charge in [-0.05, 0) is 23.6 Å². The molecule has 0 N–H and O–H groups in total. The van der Waals surface area contributed by atoms with Gasteiger partial charge in [-0.2, -0.15) is 10.5 Å². The normalized spacial score (nSPS) is 10.0. The van der Waals surface area contributed by atoms with Gasteiger partial charge in [-0.3, -0.25) is 0 Å². The molecule has 0 aliphatic carbocycles. The molecule has 0 bridgehead atoms. The SMILES string of the molecule is N#Cc1csc(-c2cc(C#N)c(-c3cccs3)s2)c1. The summed E-state index contributed by atoms with van der Waals surface area (Å²) in [7, 11) is 0. The summed E-state index contributed by atoms with van der Waals surface area (Å²) >= 11 is 4.78.